The number of rotatable bonds is 18. The van der Waals surface area contributed by atoms with E-state index in [2.05, 4.69) is 27.9 Å². The molecule has 0 bridgehead atoms. The summed E-state index contributed by atoms with van der Waals surface area (Å²) in [5.74, 6) is -5.19. The Morgan fingerprint density at radius 3 is 2.46 bits per heavy atom. The summed E-state index contributed by atoms with van der Waals surface area (Å²) in [6.45, 7) is 2.06. The number of hydrogen-bond acceptors (Lipinski definition) is 12. The van der Waals surface area contributed by atoms with Gasteiger partial charge in [-0.05, 0) is 86.6 Å². The second-order valence-electron chi connectivity index (χ2n) is 14.2. The fourth-order valence-corrected chi connectivity index (χ4v) is 10.3. The molecular formula is C36H49N5O10S. The molecule has 3 aliphatic carbocycles. The summed E-state index contributed by atoms with van der Waals surface area (Å²) >= 11 is 1.41. The molecule has 0 radical (unpaired) electrons. The highest BCUT2D eigenvalue weighted by atomic mass is 32.2. The van der Waals surface area contributed by atoms with Crippen LogP contribution < -0.4 is 21.3 Å². The molecule has 1 fully saturated rings. The van der Waals surface area contributed by atoms with E-state index in [9.17, 15) is 44.4 Å². The largest absolute Gasteiger partial charge is 0.478 e. The number of carboxylic acid groups (broad SMARTS) is 2. The number of esters is 1. The van der Waals surface area contributed by atoms with E-state index in [1.165, 1.54) is 24.4 Å². The number of carboxylic acids is 2. The summed E-state index contributed by atoms with van der Waals surface area (Å²) in [5.41, 5.74) is 0.535. The molecule has 0 saturated heterocycles. The molecule has 2 amide bonds. The number of aromatic nitrogens is 1. The number of amides is 2. The van der Waals surface area contributed by atoms with Crippen LogP contribution in [0.4, 0.5) is 0 Å². The molecule has 6 unspecified atom stereocenters. The Morgan fingerprint density at radius 2 is 1.83 bits per heavy atom. The number of aliphatic hydroxyl groups excluding tert-OH is 1. The average Bonchev–Trinajstić information content (AvgIpc) is 3.75. The van der Waals surface area contributed by atoms with Crippen LogP contribution >= 0.6 is 11.8 Å². The van der Waals surface area contributed by atoms with Crippen molar-refractivity contribution in [1.29, 1.82) is 0 Å². The number of hydrogen-bond donors (Lipinski definition) is 8. The topological polar surface area (TPSA) is 237 Å². The summed E-state index contributed by atoms with van der Waals surface area (Å²) < 4.78 is 5.56. The monoisotopic (exact) mass is 743 g/mol. The molecule has 52 heavy (non-hydrogen) atoms. The molecule has 0 aromatic carbocycles. The third-order valence-electron chi connectivity index (χ3n) is 11.2. The van der Waals surface area contributed by atoms with Crippen molar-refractivity contribution in [2.45, 2.75) is 100 Å². The van der Waals surface area contributed by atoms with Crippen molar-refractivity contribution >= 4 is 41.5 Å². The number of carbonyl (C=O) groups excluding carboxylic acids is 3. The zero-order chi connectivity index (χ0) is 37.7. The second kappa shape index (κ2) is 16.5. The molecule has 5 rings (SSSR count). The van der Waals surface area contributed by atoms with Crippen LogP contribution in [0.2, 0.25) is 0 Å². The van der Waals surface area contributed by atoms with Crippen molar-refractivity contribution in [3.63, 3.8) is 0 Å². The molecule has 15 nitrogen and oxygen atoms in total. The van der Waals surface area contributed by atoms with Crippen LogP contribution in [0.5, 0.6) is 0 Å². The zero-order valence-electron chi connectivity index (χ0n) is 29.5. The molecule has 8 N–H and O–H groups in total. The van der Waals surface area contributed by atoms with E-state index in [1.54, 1.807) is 12.4 Å². The maximum absolute atomic E-state index is 13.7. The third kappa shape index (κ3) is 8.05. The average molecular weight is 744 g/mol. The lowest BCUT2D eigenvalue weighted by Gasteiger charge is -2.52. The van der Waals surface area contributed by atoms with E-state index in [-0.39, 0.29) is 29.7 Å². The van der Waals surface area contributed by atoms with Crippen molar-refractivity contribution in [3.05, 3.63) is 53.1 Å². The summed E-state index contributed by atoms with van der Waals surface area (Å²) in [7, 11) is 1.54. The van der Waals surface area contributed by atoms with Crippen LogP contribution in [0.25, 0.3) is 0 Å². The molecule has 1 saturated carbocycles. The third-order valence-corrected chi connectivity index (χ3v) is 13.0. The van der Waals surface area contributed by atoms with E-state index in [1.807, 2.05) is 23.5 Å². The van der Waals surface area contributed by atoms with Crippen molar-refractivity contribution in [3.8, 4) is 0 Å². The summed E-state index contributed by atoms with van der Waals surface area (Å²) in [6.07, 6.45) is 9.67. The number of ether oxygens (including phenoxy) is 1. The first-order valence-corrected chi connectivity index (χ1v) is 18.8. The minimum atomic E-state index is -2.44. The minimum absolute atomic E-state index is 0.0631. The van der Waals surface area contributed by atoms with Gasteiger partial charge < -0.3 is 41.1 Å². The van der Waals surface area contributed by atoms with E-state index in [0.717, 1.165) is 56.1 Å². The van der Waals surface area contributed by atoms with Gasteiger partial charge >= 0.3 is 17.9 Å². The van der Waals surface area contributed by atoms with Gasteiger partial charge in [0.05, 0.1) is 4.75 Å². The van der Waals surface area contributed by atoms with Crippen molar-refractivity contribution in [2.75, 3.05) is 19.5 Å². The molecule has 2 heterocycles. The van der Waals surface area contributed by atoms with Gasteiger partial charge in [0.1, 0.15) is 17.7 Å². The van der Waals surface area contributed by atoms with Crippen molar-refractivity contribution in [1.82, 2.24) is 26.3 Å². The lowest BCUT2D eigenvalue weighted by Crippen LogP contribution is -2.56. The summed E-state index contributed by atoms with van der Waals surface area (Å²) in [6, 6.07) is 2.56. The number of aliphatic hydroxyl groups is 2. The highest BCUT2D eigenvalue weighted by molar-refractivity contribution is 8.01. The summed E-state index contributed by atoms with van der Waals surface area (Å²) in [4.78, 5) is 67.7. The van der Waals surface area contributed by atoms with Crippen molar-refractivity contribution in [2.24, 2.45) is 17.3 Å². The van der Waals surface area contributed by atoms with Gasteiger partial charge in [-0.3, -0.25) is 24.7 Å². The van der Waals surface area contributed by atoms with Gasteiger partial charge in [-0.15, -0.1) is 11.8 Å². The van der Waals surface area contributed by atoms with Crippen LogP contribution in [-0.2, 0) is 35.1 Å². The predicted molar refractivity (Wildman–Crippen MR) is 189 cm³/mol. The minimum Gasteiger partial charge on any atom is -0.478 e. The number of allylic oxidation sites excluding steroid dienone is 1. The van der Waals surface area contributed by atoms with Gasteiger partial charge in [-0.25, -0.2) is 9.59 Å². The van der Waals surface area contributed by atoms with Crippen LogP contribution in [0.15, 0.2) is 47.5 Å². The smallest absolute Gasteiger partial charge is 0.353 e. The Kier molecular flexibility index (Phi) is 12.5. The molecule has 0 spiro atoms. The maximum Gasteiger partial charge on any atom is 0.353 e. The second-order valence-corrected chi connectivity index (χ2v) is 15.5. The van der Waals surface area contributed by atoms with Crippen LogP contribution in [0.3, 0.4) is 0 Å². The van der Waals surface area contributed by atoms with E-state index >= 15 is 0 Å². The Bertz CT molecular complexity index is 1600. The highest BCUT2D eigenvalue weighted by Crippen LogP contribution is 2.66. The number of carbonyl (C=O) groups is 5. The first-order valence-electron chi connectivity index (χ1n) is 17.8. The van der Waals surface area contributed by atoms with Gasteiger partial charge in [0.25, 0.3) is 0 Å². The Hall–Kier alpha value is -3.83. The first-order chi connectivity index (χ1) is 24.8. The predicted octanol–water partition coefficient (Wildman–Crippen LogP) is 1.56. The van der Waals surface area contributed by atoms with Gasteiger partial charge in [-0.1, -0.05) is 31.4 Å². The number of thioether (sulfide) groups is 1. The van der Waals surface area contributed by atoms with E-state index < -0.39 is 65.3 Å². The highest BCUT2D eigenvalue weighted by Gasteiger charge is 2.61. The Morgan fingerprint density at radius 1 is 1.12 bits per heavy atom. The van der Waals surface area contributed by atoms with Crippen LogP contribution in [-0.4, -0.2) is 97.3 Å². The van der Waals surface area contributed by atoms with E-state index in [4.69, 9.17) is 4.74 Å². The molecule has 1 aliphatic heterocycles. The quantitative estimate of drug-likeness (QED) is 0.0606. The fraction of sp³-hybridized carbons (Fsp3) is 0.611. The molecule has 284 valence electrons. The van der Waals surface area contributed by atoms with Crippen LogP contribution in [0.1, 0.15) is 76.7 Å². The van der Waals surface area contributed by atoms with Crippen LogP contribution in [0, 0.1) is 17.3 Å². The Labute approximate surface area is 306 Å². The lowest BCUT2D eigenvalue weighted by molar-refractivity contribution is -0.164. The summed E-state index contributed by atoms with van der Waals surface area (Å²) in [5, 5.41) is 49.1. The van der Waals surface area contributed by atoms with Gasteiger partial charge in [0.2, 0.25) is 23.8 Å². The number of aliphatic carboxylic acids is 2. The van der Waals surface area contributed by atoms with Gasteiger partial charge in [0.15, 0.2) is 0 Å². The van der Waals surface area contributed by atoms with Gasteiger partial charge in [0, 0.05) is 37.7 Å². The number of pyridine rings is 1. The fourth-order valence-electron chi connectivity index (χ4n) is 8.44. The van der Waals surface area contributed by atoms with Gasteiger partial charge in [-0.2, -0.15) is 0 Å². The first kappa shape index (κ1) is 39.4. The molecule has 6 atom stereocenters. The normalized spacial score (nSPS) is 25.6. The number of nitrogens with one attached hydrogen (secondary N) is 4. The molecule has 1 aromatic heterocycles. The molecule has 4 aliphatic rings. The molecule has 16 heteroatoms. The van der Waals surface area contributed by atoms with Crippen molar-refractivity contribution < 1.29 is 49.1 Å². The molecular weight excluding hydrogens is 694 g/mol. The standard InChI is InChI=1S/C36H49N5O10S/c1-3-34(10-4-5-11-34)35(12-6-23-17-22(16-21-8-14-38-15-9-21)18-24-27(23)28(35)51-32(24)47)52-19-25(29(43)41-30(44)31(45)46)40-26(42)7-13-36(50,33(48)49)39-20-37-2/h8-9,14-15,18,23-25,30,37,39,44,50H,3-7,10-13,16-17,19-20H2,1-2H3,(H,40,42)(H,41,43)(H,45,46)(H,48,49). The Balaban J connectivity index is 1.45. The zero-order valence-corrected chi connectivity index (χ0v) is 30.3. The SMILES string of the molecule is CCC1(C2(SCC(NC(=O)CCC(O)(NCNC)C(=O)O)C(=O)NC(O)C(=O)O)CCC3CC(Cc4ccncc4)=CC4C(=O)OC2=C34)CCCC1. The maximum atomic E-state index is 13.7. The van der Waals surface area contributed by atoms with E-state index in [0.29, 0.717) is 18.6 Å². The number of nitrogens with zero attached hydrogens (tertiary/aromatic N) is 1. The molecule has 1 aromatic rings. The lowest BCUT2D eigenvalue weighted by atomic mass is 9.61.